The average Bonchev–Trinajstić information content (AvgIpc) is 2.57. The molecule has 1 nitrogen and oxygen atoms in total. The molecule has 0 spiro atoms. The van der Waals surface area contributed by atoms with Gasteiger partial charge in [0.05, 0.1) is 5.02 Å². The largest absolute Gasteiger partial charge is 0.456 e. The monoisotopic (exact) mass is 220 g/mol. The van der Waals surface area contributed by atoms with Crippen LogP contribution in [-0.4, -0.2) is 0 Å². The Hall–Kier alpha value is -1.54. The molecular formula is C12H6ClFO. The van der Waals surface area contributed by atoms with Gasteiger partial charge in [-0.25, -0.2) is 4.39 Å². The second-order valence-electron chi connectivity index (χ2n) is 3.36. The Kier molecular flexibility index (Phi) is 1.73. The highest BCUT2D eigenvalue weighted by atomic mass is 35.5. The lowest BCUT2D eigenvalue weighted by Crippen LogP contribution is -1.75. The molecule has 1 heterocycles. The normalized spacial score (nSPS) is 11.3. The van der Waals surface area contributed by atoms with E-state index in [0.29, 0.717) is 5.58 Å². The summed E-state index contributed by atoms with van der Waals surface area (Å²) in [4.78, 5) is 0. The van der Waals surface area contributed by atoms with Crippen molar-refractivity contribution in [1.29, 1.82) is 0 Å². The van der Waals surface area contributed by atoms with Crippen LogP contribution >= 0.6 is 11.6 Å². The summed E-state index contributed by atoms with van der Waals surface area (Å²) in [7, 11) is 0. The summed E-state index contributed by atoms with van der Waals surface area (Å²) >= 11 is 5.73. The molecule has 2 aromatic carbocycles. The zero-order chi connectivity index (χ0) is 10.4. The predicted molar refractivity (Wildman–Crippen MR) is 58.7 cm³/mol. The maximum atomic E-state index is 13.2. The Morgan fingerprint density at radius 2 is 1.80 bits per heavy atom. The van der Waals surface area contributed by atoms with Gasteiger partial charge < -0.3 is 4.42 Å². The molecule has 0 N–H and O–H groups in total. The van der Waals surface area contributed by atoms with Gasteiger partial charge in [0.1, 0.15) is 17.0 Å². The van der Waals surface area contributed by atoms with Crippen LogP contribution in [0.1, 0.15) is 0 Å². The smallest absolute Gasteiger partial charge is 0.145 e. The van der Waals surface area contributed by atoms with Crippen molar-refractivity contribution in [2.75, 3.05) is 0 Å². The van der Waals surface area contributed by atoms with Crippen molar-refractivity contribution in [2.45, 2.75) is 0 Å². The van der Waals surface area contributed by atoms with Crippen LogP contribution in [0.25, 0.3) is 21.9 Å². The molecule has 0 atom stereocenters. The predicted octanol–water partition coefficient (Wildman–Crippen LogP) is 4.38. The summed E-state index contributed by atoms with van der Waals surface area (Å²) in [6.45, 7) is 0. The van der Waals surface area contributed by atoms with E-state index in [1.54, 1.807) is 6.07 Å². The van der Waals surface area contributed by atoms with Crippen LogP contribution in [-0.2, 0) is 0 Å². The topological polar surface area (TPSA) is 13.1 Å². The number of para-hydroxylation sites is 1. The average molecular weight is 221 g/mol. The highest BCUT2D eigenvalue weighted by molar-refractivity contribution is 6.31. The van der Waals surface area contributed by atoms with Gasteiger partial charge in [0, 0.05) is 16.8 Å². The first-order valence-corrected chi connectivity index (χ1v) is 4.90. The molecular weight excluding hydrogens is 215 g/mol. The zero-order valence-electron chi connectivity index (χ0n) is 7.63. The van der Waals surface area contributed by atoms with Crippen LogP contribution in [0.2, 0.25) is 5.02 Å². The fourth-order valence-electron chi connectivity index (χ4n) is 1.72. The SMILES string of the molecule is Fc1cc2oc3ccccc3c2cc1Cl. The highest BCUT2D eigenvalue weighted by Gasteiger charge is 2.09. The summed E-state index contributed by atoms with van der Waals surface area (Å²) in [6, 6.07) is 10.5. The lowest BCUT2D eigenvalue weighted by molar-refractivity contribution is 0.618. The van der Waals surface area contributed by atoms with Crippen LogP contribution in [0, 0.1) is 5.82 Å². The van der Waals surface area contributed by atoms with Gasteiger partial charge in [-0.3, -0.25) is 0 Å². The third kappa shape index (κ3) is 1.22. The third-order valence-electron chi connectivity index (χ3n) is 2.42. The molecule has 0 unspecified atom stereocenters. The van der Waals surface area contributed by atoms with Crippen LogP contribution < -0.4 is 0 Å². The molecule has 0 fully saturated rings. The first kappa shape index (κ1) is 8.74. The Morgan fingerprint density at radius 1 is 1.00 bits per heavy atom. The molecule has 1 aromatic heterocycles. The van der Waals surface area contributed by atoms with Crippen LogP contribution in [0.3, 0.4) is 0 Å². The summed E-state index contributed by atoms with van der Waals surface area (Å²) < 4.78 is 18.7. The van der Waals surface area contributed by atoms with E-state index < -0.39 is 5.82 Å². The van der Waals surface area contributed by atoms with Crippen molar-refractivity contribution >= 4 is 33.5 Å². The van der Waals surface area contributed by atoms with Gasteiger partial charge in [0.25, 0.3) is 0 Å². The molecule has 0 saturated heterocycles. The number of rotatable bonds is 0. The maximum Gasteiger partial charge on any atom is 0.145 e. The number of hydrogen-bond acceptors (Lipinski definition) is 1. The van der Waals surface area contributed by atoms with Gasteiger partial charge in [-0.15, -0.1) is 0 Å². The third-order valence-corrected chi connectivity index (χ3v) is 2.71. The number of halogens is 2. The van der Waals surface area contributed by atoms with Crippen molar-refractivity contribution in [3.05, 3.63) is 47.2 Å². The van der Waals surface area contributed by atoms with Crippen molar-refractivity contribution in [3.8, 4) is 0 Å². The van der Waals surface area contributed by atoms with Gasteiger partial charge in [-0.1, -0.05) is 29.8 Å². The Labute approximate surface area is 90.1 Å². The molecule has 3 heteroatoms. The van der Waals surface area contributed by atoms with Gasteiger partial charge in [-0.05, 0) is 12.1 Å². The van der Waals surface area contributed by atoms with Crippen molar-refractivity contribution in [1.82, 2.24) is 0 Å². The van der Waals surface area contributed by atoms with E-state index in [9.17, 15) is 4.39 Å². The molecule has 0 radical (unpaired) electrons. The van der Waals surface area contributed by atoms with Crippen LogP contribution in [0.5, 0.6) is 0 Å². The lowest BCUT2D eigenvalue weighted by Gasteiger charge is -1.92. The fraction of sp³-hybridized carbons (Fsp3) is 0. The molecule has 15 heavy (non-hydrogen) atoms. The van der Waals surface area contributed by atoms with Gasteiger partial charge >= 0.3 is 0 Å². The van der Waals surface area contributed by atoms with E-state index in [4.69, 9.17) is 16.0 Å². The molecule has 3 aromatic rings. The first-order valence-electron chi connectivity index (χ1n) is 4.52. The number of furan rings is 1. The lowest BCUT2D eigenvalue weighted by atomic mass is 10.1. The van der Waals surface area contributed by atoms with Crippen molar-refractivity contribution < 1.29 is 8.81 Å². The summed E-state index contributed by atoms with van der Waals surface area (Å²) in [5, 5.41) is 1.92. The zero-order valence-corrected chi connectivity index (χ0v) is 8.38. The molecule has 0 saturated carbocycles. The maximum absolute atomic E-state index is 13.2. The van der Waals surface area contributed by atoms with Crippen LogP contribution in [0.15, 0.2) is 40.8 Å². The van der Waals surface area contributed by atoms with Gasteiger partial charge in [0.15, 0.2) is 0 Å². The van der Waals surface area contributed by atoms with E-state index in [-0.39, 0.29) is 5.02 Å². The molecule has 0 bridgehead atoms. The van der Waals surface area contributed by atoms with Crippen molar-refractivity contribution in [3.63, 3.8) is 0 Å². The molecule has 0 aliphatic rings. The fourth-order valence-corrected chi connectivity index (χ4v) is 1.88. The summed E-state index contributed by atoms with van der Waals surface area (Å²) in [5.74, 6) is -0.455. The number of benzene rings is 2. The minimum atomic E-state index is -0.455. The van der Waals surface area contributed by atoms with E-state index in [1.807, 2.05) is 24.3 Å². The van der Waals surface area contributed by atoms with Gasteiger partial charge in [0.2, 0.25) is 0 Å². The quantitative estimate of drug-likeness (QED) is 0.548. The standard InChI is InChI=1S/C12H6ClFO/c13-9-5-8-7-3-1-2-4-11(7)15-12(8)6-10(9)14/h1-6H. The molecule has 0 aliphatic carbocycles. The number of fused-ring (bicyclic) bond motifs is 3. The highest BCUT2D eigenvalue weighted by Crippen LogP contribution is 2.31. The molecule has 0 amide bonds. The van der Waals surface area contributed by atoms with E-state index >= 15 is 0 Å². The van der Waals surface area contributed by atoms with E-state index in [0.717, 1.165) is 16.4 Å². The second-order valence-corrected chi connectivity index (χ2v) is 3.77. The summed E-state index contributed by atoms with van der Waals surface area (Å²) in [6.07, 6.45) is 0. The van der Waals surface area contributed by atoms with E-state index in [2.05, 4.69) is 0 Å². The Bertz CT molecular complexity index is 657. The minimum absolute atomic E-state index is 0.119. The molecule has 3 rings (SSSR count). The van der Waals surface area contributed by atoms with Crippen molar-refractivity contribution in [2.24, 2.45) is 0 Å². The number of hydrogen-bond donors (Lipinski definition) is 0. The summed E-state index contributed by atoms with van der Waals surface area (Å²) in [5.41, 5.74) is 1.27. The van der Waals surface area contributed by atoms with Crippen LogP contribution in [0.4, 0.5) is 4.39 Å². The molecule has 74 valence electrons. The first-order chi connectivity index (χ1) is 7.25. The van der Waals surface area contributed by atoms with E-state index in [1.165, 1.54) is 6.07 Å². The van der Waals surface area contributed by atoms with Gasteiger partial charge in [-0.2, -0.15) is 0 Å². The molecule has 0 aliphatic heterocycles. The Balaban J connectivity index is 2.56. The minimum Gasteiger partial charge on any atom is -0.456 e. The second kappa shape index (κ2) is 2.97. The Morgan fingerprint density at radius 3 is 2.67 bits per heavy atom.